The van der Waals surface area contributed by atoms with Crippen LogP contribution in [0.25, 0.3) is 10.8 Å². The van der Waals surface area contributed by atoms with E-state index in [2.05, 4.69) is 30.7 Å². The fourth-order valence-corrected chi connectivity index (χ4v) is 8.03. The van der Waals surface area contributed by atoms with E-state index in [0.29, 0.717) is 51.2 Å². The minimum Gasteiger partial charge on any atom is -0.399 e. The van der Waals surface area contributed by atoms with E-state index in [1.165, 1.54) is 84.9 Å². The van der Waals surface area contributed by atoms with Crippen molar-refractivity contribution >= 4 is 119 Å². The van der Waals surface area contributed by atoms with Crippen molar-refractivity contribution in [2.45, 2.75) is 26.5 Å². The molecule has 0 aliphatic rings. The van der Waals surface area contributed by atoms with Crippen molar-refractivity contribution in [3.8, 4) is 0 Å². The standard InChI is InChI=1S/C16H14N4O6S2.C13H14N4O3S.C12H12N4O3S/c17-9-4-5-14(13(18)6-9)20-19-10-7-12-11(16(8-10)28(24,25)26)2-1-3-15(12)27(21,22)23;1-8-6-13(12(15)7-11(8)14)17-16-9-2-4-10(5-3-9)21(18,19)20;13-8-1-6-12(11(14)7-8)16-15-9-2-4-10(5-3-9)20(17,18)19/h1-8H,17-18H2,(H,21,22,23)(H,24,25,26);2-7H,14-15H2,1H3,(H,18,19,20);1-7H,13-14H2,(H,17,18,19). The Bertz CT molecular complexity index is 3640. The number of azo groups is 3. The van der Waals surface area contributed by atoms with Crippen LogP contribution >= 0.6 is 0 Å². The van der Waals surface area contributed by atoms with Crippen LogP contribution in [0.15, 0.2) is 178 Å². The normalized spacial score (nSPS) is 12.2. The molecule has 0 aromatic heterocycles. The average Bonchev–Trinajstić information content (AvgIpc) is 3.25. The fourth-order valence-electron chi connectivity index (χ4n) is 5.65. The number of nitrogens with zero attached hydrogens (tertiary/aromatic N) is 6. The van der Waals surface area contributed by atoms with Gasteiger partial charge in [0.1, 0.15) is 26.9 Å². The van der Waals surface area contributed by atoms with Crippen LogP contribution in [-0.2, 0) is 40.5 Å². The molecule has 0 unspecified atom stereocenters. The third-order valence-electron chi connectivity index (χ3n) is 9.07. The predicted octanol–water partition coefficient (Wildman–Crippen LogP) is 8.25. The molecule has 24 nitrogen and oxygen atoms in total. The molecule has 0 bridgehead atoms. The molecule has 0 amide bonds. The van der Waals surface area contributed by atoms with E-state index in [1.54, 1.807) is 30.3 Å². The highest BCUT2D eigenvalue weighted by atomic mass is 32.2. The maximum Gasteiger partial charge on any atom is 0.295 e. The zero-order valence-electron chi connectivity index (χ0n) is 35.5. The van der Waals surface area contributed by atoms with Crippen LogP contribution in [0.5, 0.6) is 0 Å². The Morgan fingerprint density at radius 1 is 0.362 bits per heavy atom. The van der Waals surface area contributed by atoms with Crippen LogP contribution in [-0.4, -0.2) is 51.9 Å². The zero-order chi connectivity index (χ0) is 51.1. The lowest BCUT2D eigenvalue weighted by Gasteiger charge is -2.08. The SMILES string of the molecule is Cc1cc(N=Nc2ccc(S(=O)(=O)O)cc2)c(N)cc1N.Nc1ccc(N=Nc2cc(S(=O)(=O)O)c3cccc(S(=O)(=O)O)c3c2)c(N)c1.Nc1ccc(N=Nc2ccc(S(=O)(=O)O)cc2)c(N)c1. The summed E-state index contributed by atoms with van der Waals surface area (Å²) < 4.78 is 127. The molecule has 69 heavy (non-hydrogen) atoms. The molecule has 0 fully saturated rings. The summed E-state index contributed by atoms with van der Waals surface area (Å²) in [6, 6.07) is 29.1. The lowest BCUT2D eigenvalue weighted by Crippen LogP contribution is -2.03. The van der Waals surface area contributed by atoms with Crippen LogP contribution < -0.4 is 34.4 Å². The lowest BCUT2D eigenvalue weighted by atomic mass is 10.1. The largest absolute Gasteiger partial charge is 0.399 e. The van der Waals surface area contributed by atoms with Crippen molar-refractivity contribution < 1.29 is 51.9 Å². The molecule has 0 aliphatic carbocycles. The van der Waals surface area contributed by atoms with Crippen LogP contribution in [0.3, 0.4) is 0 Å². The monoisotopic (exact) mass is 1020 g/mol. The van der Waals surface area contributed by atoms with Gasteiger partial charge in [0.2, 0.25) is 0 Å². The van der Waals surface area contributed by atoms with Crippen molar-refractivity contribution in [3.63, 3.8) is 0 Å². The van der Waals surface area contributed by atoms with Gasteiger partial charge in [-0.15, -0.1) is 15.3 Å². The molecule has 28 heteroatoms. The van der Waals surface area contributed by atoms with Crippen LogP contribution in [0.4, 0.5) is 68.2 Å². The minimum atomic E-state index is -4.73. The van der Waals surface area contributed by atoms with Crippen molar-refractivity contribution in [1.29, 1.82) is 0 Å². The van der Waals surface area contributed by atoms with Gasteiger partial charge in [-0.2, -0.15) is 49.0 Å². The predicted molar refractivity (Wildman–Crippen MR) is 259 cm³/mol. The van der Waals surface area contributed by atoms with Gasteiger partial charge in [0.15, 0.2) is 0 Å². The van der Waals surface area contributed by atoms with Crippen LogP contribution in [0.2, 0.25) is 0 Å². The molecule has 0 radical (unpaired) electrons. The number of hydrogen-bond donors (Lipinski definition) is 10. The highest BCUT2D eigenvalue weighted by Gasteiger charge is 2.21. The van der Waals surface area contributed by atoms with E-state index < -0.39 is 50.3 Å². The van der Waals surface area contributed by atoms with Crippen molar-refractivity contribution in [1.82, 2.24) is 0 Å². The quantitative estimate of drug-likeness (QED) is 0.0350. The molecule has 7 aromatic rings. The van der Waals surface area contributed by atoms with Gasteiger partial charge in [-0.3, -0.25) is 18.2 Å². The Labute approximate surface area is 394 Å². The zero-order valence-corrected chi connectivity index (χ0v) is 38.7. The molecular formula is C41H40N12O12S4. The number of benzene rings is 7. The second-order valence-corrected chi connectivity index (χ2v) is 19.8. The highest BCUT2D eigenvalue weighted by Crippen LogP contribution is 2.35. The van der Waals surface area contributed by atoms with E-state index in [-0.39, 0.29) is 37.6 Å². The molecule has 360 valence electrons. The Hall–Kier alpha value is -7.96. The number of nitrogens with two attached hydrogens (primary N) is 6. The average molecular weight is 1020 g/mol. The van der Waals surface area contributed by atoms with E-state index in [1.807, 2.05) is 6.92 Å². The molecule has 7 aromatic carbocycles. The summed E-state index contributed by atoms with van der Waals surface area (Å²) in [6.45, 7) is 1.83. The number of anilines is 6. The Kier molecular flexibility index (Phi) is 15.8. The molecule has 0 aliphatic heterocycles. The smallest absolute Gasteiger partial charge is 0.295 e. The van der Waals surface area contributed by atoms with Gasteiger partial charge in [-0.25, -0.2) is 0 Å². The van der Waals surface area contributed by atoms with Gasteiger partial charge in [-0.1, -0.05) is 12.1 Å². The number of rotatable bonds is 10. The maximum atomic E-state index is 11.8. The molecular weight excluding hydrogens is 981 g/mol. The van der Waals surface area contributed by atoms with Gasteiger partial charge in [0, 0.05) is 27.8 Å². The fraction of sp³-hybridized carbons (Fsp3) is 0.0244. The Morgan fingerprint density at radius 2 is 0.783 bits per heavy atom. The first-order chi connectivity index (χ1) is 32.1. The molecule has 7 rings (SSSR count). The Balaban J connectivity index is 0.000000197. The van der Waals surface area contributed by atoms with Crippen molar-refractivity contribution in [2.75, 3.05) is 34.4 Å². The first-order valence-electron chi connectivity index (χ1n) is 19.0. The van der Waals surface area contributed by atoms with Gasteiger partial charge >= 0.3 is 0 Å². The second kappa shape index (κ2) is 20.9. The maximum absolute atomic E-state index is 11.8. The number of fused-ring (bicyclic) bond motifs is 1. The van der Waals surface area contributed by atoms with Crippen LogP contribution in [0, 0.1) is 6.92 Å². The molecule has 0 spiro atoms. The van der Waals surface area contributed by atoms with E-state index in [9.17, 15) is 42.8 Å². The summed E-state index contributed by atoms with van der Waals surface area (Å²) in [6.07, 6.45) is 0. The molecule has 0 heterocycles. The summed E-state index contributed by atoms with van der Waals surface area (Å²) in [5.74, 6) is 0. The van der Waals surface area contributed by atoms with E-state index in [4.69, 9.17) is 43.5 Å². The van der Waals surface area contributed by atoms with E-state index in [0.717, 1.165) is 17.7 Å². The third-order valence-corrected chi connectivity index (χ3v) is 12.6. The number of nitrogen functional groups attached to an aromatic ring is 6. The first kappa shape index (κ1) is 52.0. The number of aryl methyl sites for hydroxylation is 1. The summed E-state index contributed by atoms with van der Waals surface area (Å²) in [4.78, 5) is -1.54. The summed E-state index contributed by atoms with van der Waals surface area (Å²) in [5, 5.41) is 23.3. The summed E-state index contributed by atoms with van der Waals surface area (Å²) in [5.41, 5.74) is 39.4. The highest BCUT2D eigenvalue weighted by molar-refractivity contribution is 7.86. The van der Waals surface area contributed by atoms with E-state index >= 15 is 0 Å². The van der Waals surface area contributed by atoms with Crippen molar-refractivity contribution in [3.05, 3.63) is 133 Å². The van der Waals surface area contributed by atoms with Gasteiger partial charge in [0.05, 0.1) is 43.9 Å². The van der Waals surface area contributed by atoms with Crippen LogP contribution in [0.1, 0.15) is 5.56 Å². The summed E-state index contributed by atoms with van der Waals surface area (Å²) in [7, 11) is -17.8. The van der Waals surface area contributed by atoms with Crippen molar-refractivity contribution in [2.24, 2.45) is 30.7 Å². The minimum absolute atomic E-state index is 0.0903. The van der Waals surface area contributed by atoms with Gasteiger partial charge < -0.3 is 34.4 Å². The topological polar surface area (TPSA) is 448 Å². The molecule has 0 atom stereocenters. The van der Waals surface area contributed by atoms with Gasteiger partial charge in [0.25, 0.3) is 40.5 Å². The molecule has 0 saturated carbocycles. The molecule has 0 saturated heterocycles. The third kappa shape index (κ3) is 14.3. The summed E-state index contributed by atoms with van der Waals surface area (Å²) >= 11 is 0. The van der Waals surface area contributed by atoms with Gasteiger partial charge in [-0.05, 0) is 128 Å². The first-order valence-corrected chi connectivity index (χ1v) is 24.7. The second-order valence-electron chi connectivity index (χ2n) is 14.2. The lowest BCUT2D eigenvalue weighted by molar-refractivity contribution is 0.481. The number of hydrogen-bond acceptors (Lipinski definition) is 20. The Morgan fingerprint density at radius 3 is 1.20 bits per heavy atom. The molecule has 16 N–H and O–H groups in total.